The maximum absolute atomic E-state index is 12.7. The molecule has 0 spiro atoms. The molecule has 1 atom stereocenters. The maximum atomic E-state index is 12.7. The van der Waals surface area contributed by atoms with Crippen LogP contribution in [0.15, 0.2) is 42.7 Å². The van der Waals surface area contributed by atoms with E-state index in [1.54, 1.807) is 6.20 Å². The van der Waals surface area contributed by atoms with Gasteiger partial charge in [-0.2, -0.15) is 5.10 Å². The summed E-state index contributed by atoms with van der Waals surface area (Å²) in [5, 5.41) is 7.42. The van der Waals surface area contributed by atoms with Crippen molar-refractivity contribution in [1.82, 2.24) is 15.1 Å². The van der Waals surface area contributed by atoms with Crippen LogP contribution in [0.5, 0.6) is 0 Å². The predicted molar refractivity (Wildman–Crippen MR) is 99.4 cm³/mol. The number of amides is 1. The van der Waals surface area contributed by atoms with Gasteiger partial charge < -0.3 is 11.1 Å². The standard InChI is InChI=1S/C18H26N4O.ClH/c1-4-18(5-2,13-19)17(23)21-14(3)15-9-6-7-10-16(15)22-12-8-11-20-22;/h6-12,14H,4-5,13,19H2,1-3H3,(H,21,23);1H. The molecule has 24 heavy (non-hydrogen) atoms. The third kappa shape index (κ3) is 3.97. The zero-order valence-electron chi connectivity index (χ0n) is 14.5. The Hall–Kier alpha value is -1.85. The zero-order chi connectivity index (χ0) is 16.9. The molecule has 0 saturated heterocycles. The molecule has 0 radical (unpaired) electrons. The average molecular weight is 351 g/mol. The summed E-state index contributed by atoms with van der Waals surface area (Å²) in [5.74, 6) is 0.0211. The van der Waals surface area contributed by atoms with Crippen LogP contribution in [0.4, 0.5) is 0 Å². The molecule has 0 aliphatic rings. The molecule has 1 aromatic carbocycles. The SMILES string of the molecule is CCC(CC)(CN)C(=O)NC(C)c1ccccc1-n1cccn1.Cl. The predicted octanol–water partition coefficient (Wildman–Crippen LogP) is 3.24. The highest BCUT2D eigenvalue weighted by molar-refractivity contribution is 5.85. The summed E-state index contributed by atoms with van der Waals surface area (Å²) in [5.41, 5.74) is 7.38. The smallest absolute Gasteiger partial charge is 0.227 e. The summed E-state index contributed by atoms with van der Waals surface area (Å²) in [6.07, 6.45) is 5.11. The maximum Gasteiger partial charge on any atom is 0.227 e. The van der Waals surface area contributed by atoms with Crippen molar-refractivity contribution in [3.63, 3.8) is 0 Å². The van der Waals surface area contributed by atoms with Gasteiger partial charge in [0.15, 0.2) is 0 Å². The number of halogens is 1. The van der Waals surface area contributed by atoms with Gasteiger partial charge in [-0.25, -0.2) is 4.68 Å². The van der Waals surface area contributed by atoms with Crippen molar-refractivity contribution in [3.05, 3.63) is 48.3 Å². The molecule has 132 valence electrons. The lowest BCUT2D eigenvalue weighted by atomic mass is 9.81. The average Bonchev–Trinajstić information content (AvgIpc) is 3.11. The van der Waals surface area contributed by atoms with Crippen molar-refractivity contribution < 1.29 is 4.79 Å². The minimum absolute atomic E-state index is 0. The molecule has 3 N–H and O–H groups in total. The first-order valence-corrected chi connectivity index (χ1v) is 8.18. The Balaban J connectivity index is 0.00000288. The quantitative estimate of drug-likeness (QED) is 0.805. The number of hydrogen-bond acceptors (Lipinski definition) is 3. The number of hydrogen-bond donors (Lipinski definition) is 2. The molecule has 1 aromatic heterocycles. The largest absolute Gasteiger partial charge is 0.349 e. The van der Waals surface area contributed by atoms with Gasteiger partial charge in [0, 0.05) is 18.9 Å². The highest BCUT2D eigenvalue weighted by Gasteiger charge is 2.34. The van der Waals surface area contributed by atoms with Gasteiger partial charge in [0.25, 0.3) is 0 Å². The second-order valence-corrected chi connectivity index (χ2v) is 5.90. The summed E-state index contributed by atoms with van der Waals surface area (Å²) in [7, 11) is 0. The number of nitrogens with two attached hydrogens (primary N) is 1. The molecular weight excluding hydrogens is 324 g/mol. The fraction of sp³-hybridized carbons (Fsp3) is 0.444. The molecule has 1 heterocycles. The van der Waals surface area contributed by atoms with Gasteiger partial charge in [-0.3, -0.25) is 4.79 Å². The number of carbonyl (C=O) groups is 1. The molecule has 1 unspecified atom stereocenters. The van der Waals surface area contributed by atoms with Crippen molar-refractivity contribution >= 4 is 18.3 Å². The van der Waals surface area contributed by atoms with Crippen LogP contribution in [0, 0.1) is 5.41 Å². The van der Waals surface area contributed by atoms with Crippen LogP contribution in [-0.4, -0.2) is 22.2 Å². The first-order valence-electron chi connectivity index (χ1n) is 8.18. The van der Waals surface area contributed by atoms with Crippen molar-refractivity contribution in [2.75, 3.05) is 6.54 Å². The van der Waals surface area contributed by atoms with E-state index in [-0.39, 0.29) is 24.4 Å². The van der Waals surface area contributed by atoms with Crippen LogP contribution >= 0.6 is 12.4 Å². The number of benzene rings is 1. The second-order valence-electron chi connectivity index (χ2n) is 5.90. The van der Waals surface area contributed by atoms with Crippen molar-refractivity contribution in [2.45, 2.75) is 39.7 Å². The first-order chi connectivity index (χ1) is 11.1. The lowest BCUT2D eigenvalue weighted by molar-refractivity contribution is -0.131. The molecule has 0 fully saturated rings. The topological polar surface area (TPSA) is 72.9 Å². The minimum Gasteiger partial charge on any atom is -0.349 e. The fourth-order valence-corrected chi connectivity index (χ4v) is 2.85. The summed E-state index contributed by atoms with van der Waals surface area (Å²) < 4.78 is 1.81. The van der Waals surface area contributed by atoms with Gasteiger partial charge in [-0.15, -0.1) is 12.4 Å². The van der Waals surface area contributed by atoms with E-state index in [4.69, 9.17) is 5.73 Å². The van der Waals surface area contributed by atoms with Crippen molar-refractivity contribution in [1.29, 1.82) is 0 Å². The van der Waals surface area contributed by atoms with Crippen molar-refractivity contribution in [2.24, 2.45) is 11.1 Å². The molecule has 0 bridgehead atoms. The number of rotatable bonds is 7. The molecule has 2 aromatic rings. The van der Waals surface area contributed by atoms with Gasteiger partial charge in [-0.05, 0) is 37.5 Å². The Bertz CT molecular complexity index is 630. The Labute approximate surface area is 150 Å². The lowest BCUT2D eigenvalue weighted by Gasteiger charge is -2.30. The Morgan fingerprint density at radius 3 is 2.50 bits per heavy atom. The molecular formula is C18H27ClN4O. The lowest BCUT2D eigenvalue weighted by Crippen LogP contribution is -2.46. The normalized spacial score (nSPS) is 12.3. The summed E-state index contributed by atoms with van der Waals surface area (Å²) in [4.78, 5) is 12.7. The first kappa shape index (κ1) is 20.2. The highest BCUT2D eigenvalue weighted by atomic mass is 35.5. The molecule has 1 amide bonds. The van der Waals surface area contributed by atoms with E-state index in [2.05, 4.69) is 10.4 Å². The van der Waals surface area contributed by atoms with Crippen LogP contribution in [0.3, 0.4) is 0 Å². The third-order valence-electron chi connectivity index (χ3n) is 4.73. The van der Waals surface area contributed by atoms with E-state index in [1.807, 2.05) is 62.0 Å². The summed E-state index contributed by atoms with van der Waals surface area (Å²) in [6, 6.07) is 9.73. The number of nitrogens with one attached hydrogen (secondary N) is 1. The summed E-state index contributed by atoms with van der Waals surface area (Å²) >= 11 is 0. The monoisotopic (exact) mass is 350 g/mol. The van der Waals surface area contributed by atoms with Gasteiger partial charge in [0.05, 0.1) is 17.1 Å². The van der Waals surface area contributed by atoms with Gasteiger partial charge in [0.2, 0.25) is 5.91 Å². The fourth-order valence-electron chi connectivity index (χ4n) is 2.85. The van der Waals surface area contributed by atoms with Gasteiger partial charge in [0.1, 0.15) is 0 Å². The van der Waals surface area contributed by atoms with E-state index in [9.17, 15) is 4.79 Å². The molecule has 5 nitrogen and oxygen atoms in total. The van der Waals surface area contributed by atoms with Gasteiger partial charge in [-0.1, -0.05) is 32.0 Å². The second kappa shape index (κ2) is 8.85. The third-order valence-corrected chi connectivity index (χ3v) is 4.73. The van der Waals surface area contributed by atoms with Crippen LogP contribution in [0.2, 0.25) is 0 Å². The summed E-state index contributed by atoms with van der Waals surface area (Å²) in [6.45, 7) is 6.38. The molecule has 0 aliphatic heterocycles. The van der Waals surface area contributed by atoms with Crippen LogP contribution in [0.25, 0.3) is 5.69 Å². The van der Waals surface area contributed by atoms with Crippen molar-refractivity contribution in [3.8, 4) is 5.69 Å². The van der Waals surface area contributed by atoms with Gasteiger partial charge >= 0.3 is 0 Å². The Morgan fingerprint density at radius 2 is 1.96 bits per heavy atom. The Morgan fingerprint density at radius 1 is 1.29 bits per heavy atom. The minimum atomic E-state index is -0.491. The van der Waals surface area contributed by atoms with Crippen LogP contribution < -0.4 is 11.1 Å². The number of carbonyl (C=O) groups excluding carboxylic acids is 1. The molecule has 2 rings (SSSR count). The Kier molecular flexibility index (Phi) is 7.45. The van der Waals surface area contributed by atoms with Crippen LogP contribution in [0.1, 0.15) is 45.2 Å². The van der Waals surface area contributed by atoms with E-state index in [1.165, 1.54) is 0 Å². The van der Waals surface area contributed by atoms with E-state index in [0.29, 0.717) is 6.54 Å². The molecule has 0 saturated carbocycles. The zero-order valence-corrected chi connectivity index (χ0v) is 15.3. The number of nitrogens with zero attached hydrogens (tertiary/aromatic N) is 2. The van der Waals surface area contributed by atoms with Crippen LogP contribution in [-0.2, 0) is 4.79 Å². The van der Waals surface area contributed by atoms with E-state index < -0.39 is 5.41 Å². The van der Waals surface area contributed by atoms with E-state index in [0.717, 1.165) is 24.1 Å². The number of aromatic nitrogens is 2. The molecule has 6 heteroatoms. The number of para-hydroxylation sites is 1. The highest BCUT2D eigenvalue weighted by Crippen LogP contribution is 2.27. The van der Waals surface area contributed by atoms with E-state index >= 15 is 0 Å². The molecule has 0 aliphatic carbocycles.